The van der Waals surface area contributed by atoms with Crippen LogP contribution in [0, 0.1) is 12.8 Å². The number of hydrogen-bond donors (Lipinski definition) is 1. The predicted molar refractivity (Wildman–Crippen MR) is 151 cm³/mol. The van der Waals surface area contributed by atoms with Crippen LogP contribution in [0.25, 0.3) is 0 Å². The Kier molecular flexibility index (Phi) is 11.2. The van der Waals surface area contributed by atoms with Gasteiger partial charge in [0.2, 0.25) is 11.8 Å². The summed E-state index contributed by atoms with van der Waals surface area (Å²) < 4.78 is 11.0. The number of carbonyl (C=O) groups excluding carboxylic acids is 2. The Morgan fingerprint density at radius 3 is 2.16 bits per heavy atom. The molecule has 0 aliphatic carbocycles. The average molecular weight is 517 g/mol. The topological polar surface area (TPSA) is 67.9 Å². The van der Waals surface area contributed by atoms with Gasteiger partial charge >= 0.3 is 0 Å². The average Bonchev–Trinajstić information content (AvgIpc) is 2.93. The van der Waals surface area contributed by atoms with E-state index in [0.717, 1.165) is 28.2 Å². The second kappa shape index (κ2) is 14.8. The van der Waals surface area contributed by atoms with Crippen LogP contribution in [0.15, 0.2) is 78.9 Å². The van der Waals surface area contributed by atoms with E-state index >= 15 is 0 Å². The highest BCUT2D eigenvalue weighted by molar-refractivity contribution is 5.88. The summed E-state index contributed by atoms with van der Waals surface area (Å²) in [5.74, 6) is 1.61. The first-order chi connectivity index (χ1) is 18.4. The molecule has 3 aromatic carbocycles. The summed E-state index contributed by atoms with van der Waals surface area (Å²) >= 11 is 0. The highest BCUT2D eigenvalue weighted by atomic mass is 16.5. The Balaban J connectivity index is 1.76. The van der Waals surface area contributed by atoms with Crippen LogP contribution in [0.1, 0.15) is 43.4 Å². The van der Waals surface area contributed by atoms with Crippen LogP contribution in [-0.2, 0) is 22.6 Å². The molecule has 0 saturated carbocycles. The van der Waals surface area contributed by atoms with E-state index in [1.165, 1.54) is 0 Å². The lowest BCUT2D eigenvalue weighted by atomic mass is 10.0. The van der Waals surface area contributed by atoms with Gasteiger partial charge in [-0.25, -0.2) is 0 Å². The molecule has 6 nitrogen and oxygen atoms in total. The summed E-state index contributed by atoms with van der Waals surface area (Å²) in [5.41, 5.74) is 3.16. The summed E-state index contributed by atoms with van der Waals surface area (Å²) in [7, 11) is 1.62. The van der Waals surface area contributed by atoms with Crippen molar-refractivity contribution in [1.82, 2.24) is 10.2 Å². The first-order valence-electron chi connectivity index (χ1n) is 13.3. The summed E-state index contributed by atoms with van der Waals surface area (Å²) in [6.45, 7) is 7.49. The second-order valence-electron chi connectivity index (χ2n) is 9.98. The highest BCUT2D eigenvalue weighted by Crippen LogP contribution is 2.19. The van der Waals surface area contributed by atoms with Gasteiger partial charge in [0.05, 0.1) is 13.7 Å². The maximum Gasteiger partial charge on any atom is 0.243 e. The smallest absolute Gasteiger partial charge is 0.243 e. The van der Waals surface area contributed by atoms with E-state index in [-0.39, 0.29) is 18.2 Å². The number of nitrogens with one attached hydrogen (secondary N) is 1. The molecule has 2 amide bonds. The van der Waals surface area contributed by atoms with Gasteiger partial charge < -0.3 is 19.7 Å². The number of methoxy groups -OCH3 is 1. The van der Waals surface area contributed by atoms with E-state index in [9.17, 15) is 9.59 Å². The third-order valence-electron chi connectivity index (χ3n) is 6.29. The molecule has 0 fully saturated rings. The minimum atomic E-state index is -0.618. The number of carbonyl (C=O) groups is 2. The molecule has 3 rings (SSSR count). The fourth-order valence-electron chi connectivity index (χ4n) is 4.10. The molecule has 0 saturated heterocycles. The van der Waals surface area contributed by atoms with Crippen molar-refractivity contribution >= 4 is 11.8 Å². The monoisotopic (exact) mass is 516 g/mol. The lowest BCUT2D eigenvalue weighted by Crippen LogP contribution is -2.51. The van der Waals surface area contributed by atoms with Gasteiger partial charge in [-0.15, -0.1) is 0 Å². The fraction of sp³-hybridized carbons (Fsp3) is 0.375. The third kappa shape index (κ3) is 9.25. The molecule has 0 aromatic heterocycles. The van der Waals surface area contributed by atoms with Crippen molar-refractivity contribution in [2.45, 2.75) is 52.6 Å². The van der Waals surface area contributed by atoms with E-state index in [1.807, 2.05) is 85.8 Å². The van der Waals surface area contributed by atoms with Crippen molar-refractivity contribution in [3.8, 4) is 11.5 Å². The zero-order valence-electron chi connectivity index (χ0n) is 23.0. The van der Waals surface area contributed by atoms with Crippen molar-refractivity contribution in [1.29, 1.82) is 0 Å². The van der Waals surface area contributed by atoms with Gasteiger partial charge in [0.25, 0.3) is 0 Å². The molecule has 3 aromatic rings. The Morgan fingerprint density at radius 1 is 0.868 bits per heavy atom. The molecular formula is C32H40N2O4. The number of hydrogen-bond acceptors (Lipinski definition) is 4. The summed E-state index contributed by atoms with van der Waals surface area (Å²) in [6.07, 6.45) is 1.27. The van der Waals surface area contributed by atoms with Gasteiger partial charge in [0.15, 0.2) is 0 Å². The maximum atomic E-state index is 13.7. The zero-order valence-corrected chi connectivity index (χ0v) is 23.0. The van der Waals surface area contributed by atoms with Crippen LogP contribution >= 0.6 is 0 Å². The van der Waals surface area contributed by atoms with Crippen molar-refractivity contribution in [3.63, 3.8) is 0 Å². The minimum Gasteiger partial charge on any atom is -0.497 e. The number of benzene rings is 3. The van der Waals surface area contributed by atoms with E-state index in [1.54, 1.807) is 12.0 Å². The van der Waals surface area contributed by atoms with Gasteiger partial charge in [-0.2, -0.15) is 0 Å². The molecule has 1 atom stereocenters. The summed E-state index contributed by atoms with van der Waals surface area (Å²) in [4.78, 5) is 28.9. The molecule has 0 heterocycles. The van der Waals surface area contributed by atoms with Gasteiger partial charge in [-0.05, 0) is 54.7 Å². The van der Waals surface area contributed by atoms with Crippen LogP contribution < -0.4 is 14.8 Å². The molecular weight excluding hydrogens is 476 g/mol. The van der Waals surface area contributed by atoms with Crippen LogP contribution in [-0.4, -0.2) is 43.0 Å². The van der Waals surface area contributed by atoms with Crippen molar-refractivity contribution in [2.75, 3.05) is 20.3 Å². The Hall–Kier alpha value is -3.80. The minimum absolute atomic E-state index is 0.0652. The summed E-state index contributed by atoms with van der Waals surface area (Å²) in [5, 5.41) is 3.06. The normalized spacial score (nSPS) is 11.6. The van der Waals surface area contributed by atoms with Crippen molar-refractivity contribution in [3.05, 3.63) is 95.6 Å². The zero-order chi connectivity index (χ0) is 27.3. The Morgan fingerprint density at radius 2 is 1.53 bits per heavy atom. The fourth-order valence-corrected chi connectivity index (χ4v) is 4.10. The predicted octanol–water partition coefficient (Wildman–Crippen LogP) is 5.57. The molecule has 0 aliphatic heterocycles. The van der Waals surface area contributed by atoms with E-state index in [4.69, 9.17) is 9.47 Å². The third-order valence-corrected chi connectivity index (χ3v) is 6.29. The van der Waals surface area contributed by atoms with Crippen LogP contribution in [0.2, 0.25) is 0 Å². The van der Waals surface area contributed by atoms with E-state index in [0.29, 0.717) is 38.5 Å². The molecule has 38 heavy (non-hydrogen) atoms. The number of nitrogens with zero attached hydrogens (tertiary/aromatic N) is 1. The lowest BCUT2D eigenvalue weighted by molar-refractivity contribution is -0.141. The highest BCUT2D eigenvalue weighted by Gasteiger charge is 2.30. The maximum absolute atomic E-state index is 13.7. The molecule has 202 valence electrons. The molecule has 0 spiro atoms. The SMILES string of the molecule is COc1ccc(OCCCC(=O)N(Cc2ccc(C)cc2)[C@@H](Cc2ccccc2)C(=O)NCC(C)C)cc1. The molecule has 0 aliphatic rings. The van der Waals surface area contributed by atoms with Gasteiger partial charge in [-0.1, -0.05) is 74.0 Å². The quantitative estimate of drug-likeness (QED) is 0.284. The molecule has 0 radical (unpaired) electrons. The number of ether oxygens (including phenoxy) is 2. The van der Waals surface area contributed by atoms with Crippen molar-refractivity contribution in [2.24, 2.45) is 5.92 Å². The van der Waals surface area contributed by atoms with Crippen LogP contribution in [0.5, 0.6) is 11.5 Å². The molecule has 6 heteroatoms. The molecule has 0 bridgehead atoms. The Labute approximate surface area is 227 Å². The second-order valence-corrected chi connectivity index (χ2v) is 9.98. The summed E-state index contributed by atoms with van der Waals surface area (Å²) in [6, 6.07) is 24.7. The van der Waals surface area contributed by atoms with Gasteiger partial charge in [-0.3, -0.25) is 9.59 Å². The largest absolute Gasteiger partial charge is 0.497 e. The van der Waals surface area contributed by atoms with Gasteiger partial charge in [0.1, 0.15) is 17.5 Å². The van der Waals surface area contributed by atoms with Crippen LogP contribution in [0.3, 0.4) is 0 Å². The van der Waals surface area contributed by atoms with Gasteiger partial charge in [0, 0.05) is 25.9 Å². The lowest BCUT2D eigenvalue weighted by Gasteiger charge is -2.32. The first-order valence-corrected chi connectivity index (χ1v) is 13.3. The molecule has 0 unspecified atom stereocenters. The van der Waals surface area contributed by atoms with Crippen molar-refractivity contribution < 1.29 is 19.1 Å². The standard InChI is InChI=1S/C32H40N2O4/c1-24(2)22-33-32(36)30(21-26-9-6-5-7-10-26)34(23-27-14-12-25(3)13-15-27)31(35)11-8-20-38-29-18-16-28(37-4)17-19-29/h5-7,9-10,12-19,24,30H,8,11,20-23H2,1-4H3,(H,33,36)/t30-/m0/s1. The van der Waals surface area contributed by atoms with E-state index < -0.39 is 6.04 Å². The molecule has 1 N–H and O–H groups in total. The van der Waals surface area contributed by atoms with E-state index in [2.05, 4.69) is 19.2 Å². The first kappa shape index (κ1) is 28.8. The number of rotatable bonds is 14. The number of aryl methyl sites for hydroxylation is 1. The Bertz CT molecular complexity index is 1130. The number of amides is 2. The van der Waals surface area contributed by atoms with Crippen LogP contribution in [0.4, 0.5) is 0 Å².